The molecule has 1 N–H and O–H groups in total. The predicted octanol–water partition coefficient (Wildman–Crippen LogP) is 4.71. The van der Waals surface area contributed by atoms with E-state index in [9.17, 15) is 9.90 Å². The quantitative estimate of drug-likeness (QED) is 0.569. The van der Waals surface area contributed by atoms with Crippen LogP contribution in [0.1, 0.15) is 80.1 Å². The molecule has 148 valence electrons. The summed E-state index contributed by atoms with van der Waals surface area (Å²) in [5.41, 5.74) is 1.61. The second-order valence-electron chi connectivity index (χ2n) is 8.81. The standard InChI is InChI=1S/C22H36O4/c1-15(2)22-10-9-17(4)14-19(24)13-16(3)7-8-20(25-18(5)23)21(6,26-22)11-12-22/h9,13,15,19-20,24H,7-8,10-12,14H2,1-6H3. The maximum atomic E-state index is 11.7. The molecular weight excluding hydrogens is 328 g/mol. The number of aliphatic hydroxyl groups is 1. The van der Waals surface area contributed by atoms with E-state index in [1.807, 2.05) is 13.0 Å². The highest BCUT2D eigenvalue weighted by Gasteiger charge is 2.52. The van der Waals surface area contributed by atoms with Gasteiger partial charge in [-0.15, -0.1) is 0 Å². The van der Waals surface area contributed by atoms with Crippen molar-refractivity contribution < 1.29 is 19.4 Å². The van der Waals surface area contributed by atoms with E-state index in [1.54, 1.807) is 0 Å². The number of hydrogen-bond donors (Lipinski definition) is 1. The van der Waals surface area contributed by atoms with Gasteiger partial charge >= 0.3 is 5.97 Å². The molecule has 0 amide bonds. The molecule has 4 atom stereocenters. The van der Waals surface area contributed by atoms with Crippen LogP contribution in [0.2, 0.25) is 0 Å². The first-order valence-electron chi connectivity index (χ1n) is 9.95. The van der Waals surface area contributed by atoms with Crippen LogP contribution in [0.4, 0.5) is 0 Å². The molecule has 2 aliphatic heterocycles. The number of rotatable bonds is 2. The third kappa shape index (κ3) is 4.98. The number of carbonyl (C=O) groups is 1. The lowest BCUT2D eigenvalue weighted by Crippen LogP contribution is -2.46. The molecule has 26 heavy (non-hydrogen) atoms. The molecule has 4 nitrogen and oxygen atoms in total. The van der Waals surface area contributed by atoms with Crippen LogP contribution in [0.3, 0.4) is 0 Å². The Bertz CT molecular complexity index is 577. The van der Waals surface area contributed by atoms with Gasteiger partial charge in [0, 0.05) is 6.92 Å². The van der Waals surface area contributed by atoms with Gasteiger partial charge in [-0.3, -0.25) is 4.79 Å². The lowest BCUT2D eigenvalue weighted by Gasteiger charge is -2.39. The van der Waals surface area contributed by atoms with Crippen LogP contribution in [0.5, 0.6) is 0 Å². The summed E-state index contributed by atoms with van der Waals surface area (Å²) in [6.07, 6.45) is 8.23. The fourth-order valence-corrected chi connectivity index (χ4v) is 4.32. The minimum Gasteiger partial charge on any atom is -0.459 e. The Labute approximate surface area is 158 Å². The zero-order valence-corrected chi connectivity index (χ0v) is 17.3. The minimum atomic E-state index is -0.470. The van der Waals surface area contributed by atoms with Crippen molar-refractivity contribution in [1.82, 2.24) is 0 Å². The average molecular weight is 365 g/mol. The van der Waals surface area contributed by atoms with E-state index < -0.39 is 11.7 Å². The topological polar surface area (TPSA) is 55.8 Å². The van der Waals surface area contributed by atoms with Crippen molar-refractivity contribution in [3.8, 4) is 0 Å². The fourth-order valence-electron chi connectivity index (χ4n) is 4.32. The summed E-state index contributed by atoms with van der Waals surface area (Å²) >= 11 is 0. The smallest absolute Gasteiger partial charge is 0.303 e. The number of carbonyl (C=O) groups excluding carboxylic acids is 1. The maximum Gasteiger partial charge on any atom is 0.303 e. The highest BCUT2D eigenvalue weighted by Crippen LogP contribution is 2.48. The van der Waals surface area contributed by atoms with Crippen molar-refractivity contribution >= 4 is 5.97 Å². The molecule has 0 aromatic rings. The molecule has 1 saturated heterocycles. The first kappa shape index (κ1) is 21.2. The average Bonchev–Trinajstić information content (AvgIpc) is 2.88. The molecule has 4 heteroatoms. The van der Waals surface area contributed by atoms with Gasteiger partial charge in [-0.05, 0) is 65.2 Å². The van der Waals surface area contributed by atoms with Crippen molar-refractivity contribution in [2.75, 3.05) is 0 Å². The number of esters is 1. The van der Waals surface area contributed by atoms with E-state index in [2.05, 4.69) is 33.8 Å². The van der Waals surface area contributed by atoms with Gasteiger partial charge in [0.2, 0.25) is 0 Å². The number of ether oxygens (including phenoxy) is 2. The van der Waals surface area contributed by atoms with Crippen molar-refractivity contribution in [1.29, 1.82) is 0 Å². The number of aliphatic hydroxyl groups excluding tert-OH is 1. The summed E-state index contributed by atoms with van der Waals surface area (Å²) in [5, 5.41) is 10.3. The molecule has 0 radical (unpaired) electrons. The SMILES string of the molecule is CC(=O)OC1CCC(C)=CC(O)CC(C)=CCC2(C(C)C)CCC1(C)O2. The first-order valence-corrected chi connectivity index (χ1v) is 9.95. The van der Waals surface area contributed by atoms with Gasteiger partial charge in [0.05, 0.1) is 11.7 Å². The van der Waals surface area contributed by atoms with Crippen molar-refractivity contribution in [2.24, 2.45) is 5.92 Å². The first-order chi connectivity index (χ1) is 12.1. The Kier molecular flexibility index (Phi) is 6.73. The second kappa shape index (κ2) is 8.26. The molecule has 2 aliphatic rings. The van der Waals surface area contributed by atoms with Gasteiger partial charge in [-0.1, -0.05) is 37.1 Å². The van der Waals surface area contributed by atoms with Crippen LogP contribution in [0, 0.1) is 5.92 Å². The molecule has 4 unspecified atom stereocenters. The predicted molar refractivity (Wildman–Crippen MR) is 104 cm³/mol. The Morgan fingerprint density at radius 2 is 2.00 bits per heavy atom. The lowest BCUT2D eigenvalue weighted by molar-refractivity contribution is -0.186. The molecule has 2 heterocycles. The summed E-state index contributed by atoms with van der Waals surface area (Å²) in [5.74, 6) is 0.102. The zero-order valence-electron chi connectivity index (χ0n) is 17.3. The Balaban J connectivity index is 2.39. The fraction of sp³-hybridized carbons (Fsp3) is 0.773. The highest BCUT2D eigenvalue weighted by molar-refractivity contribution is 5.66. The molecule has 0 aliphatic carbocycles. The van der Waals surface area contributed by atoms with Crippen LogP contribution < -0.4 is 0 Å². The molecular formula is C22H36O4. The molecule has 2 rings (SSSR count). The summed E-state index contributed by atoms with van der Waals surface area (Å²) in [4.78, 5) is 11.7. The third-order valence-electron chi connectivity index (χ3n) is 6.13. The van der Waals surface area contributed by atoms with Crippen LogP contribution in [-0.2, 0) is 14.3 Å². The van der Waals surface area contributed by atoms with E-state index in [1.165, 1.54) is 12.5 Å². The van der Waals surface area contributed by atoms with Crippen molar-refractivity contribution in [2.45, 2.75) is 103 Å². The molecule has 1 fully saturated rings. The Hall–Kier alpha value is -1.13. The minimum absolute atomic E-state index is 0.240. The van der Waals surface area contributed by atoms with Gasteiger partial charge < -0.3 is 14.6 Å². The normalized spacial score (nSPS) is 36.5. The summed E-state index contributed by atoms with van der Waals surface area (Å²) in [6.45, 7) is 12.1. The van der Waals surface area contributed by atoms with Gasteiger partial charge in [0.15, 0.2) is 0 Å². The summed E-state index contributed by atoms with van der Waals surface area (Å²) in [7, 11) is 0. The lowest BCUT2D eigenvalue weighted by atomic mass is 9.82. The summed E-state index contributed by atoms with van der Waals surface area (Å²) < 4.78 is 12.4. The van der Waals surface area contributed by atoms with E-state index in [4.69, 9.17) is 9.47 Å². The largest absolute Gasteiger partial charge is 0.459 e. The van der Waals surface area contributed by atoms with E-state index in [0.29, 0.717) is 18.8 Å². The second-order valence-corrected chi connectivity index (χ2v) is 8.81. The van der Waals surface area contributed by atoms with Gasteiger partial charge in [-0.25, -0.2) is 0 Å². The molecule has 2 bridgehead atoms. The van der Waals surface area contributed by atoms with E-state index in [-0.39, 0.29) is 17.7 Å². The Morgan fingerprint density at radius 1 is 1.31 bits per heavy atom. The van der Waals surface area contributed by atoms with Crippen LogP contribution in [0.25, 0.3) is 0 Å². The number of hydrogen-bond acceptors (Lipinski definition) is 4. The van der Waals surface area contributed by atoms with Crippen LogP contribution >= 0.6 is 0 Å². The zero-order chi connectivity index (χ0) is 19.5. The summed E-state index contributed by atoms with van der Waals surface area (Å²) in [6, 6.07) is 0. The molecule has 0 aromatic carbocycles. The van der Waals surface area contributed by atoms with Gasteiger partial charge in [-0.2, -0.15) is 0 Å². The molecule has 0 saturated carbocycles. The maximum absolute atomic E-state index is 11.7. The third-order valence-corrected chi connectivity index (χ3v) is 6.13. The highest BCUT2D eigenvalue weighted by atomic mass is 16.6. The number of allylic oxidation sites excluding steroid dienone is 1. The van der Waals surface area contributed by atoms with E-state index >= 15 is 0 Å². The van der Waals surface area contributed by atoms with Crippen molar-refractivity contribution in [3.05, 3.63) is 23.3 Å². The van der Waals surface area contributed by atoms with Gasteiger partial charge in [0.1, 0.15) is 11.7 Å². The van der Waals surface area contributed by atoms with Crippen LogP contribution in [0.15, 0.2) is 23.3 Å². The van der Waals surface area contributed by atoms with Gasteiger partial charge in [0.25, 0.3) is 0 Å². The monoisotopic (exact) mass is 364 g/mol. The van der Waals surface area contributed by atoms with Crippen LogP contribution in [-0.4, -0.2) is 34.5 Å². The Morgan fingerprint density at radius 3 is 2.62 bits per heavy atom. The van der Waals surface area contributed by atoms with E-state index in [0.717, 1.165) is 31.3 Å². The van der Waals surface area contributed by atoms with Crippen molar-refractivity contribution in [3.63, 3.8) is 0 Å². The molecule has 0 spiro atoms. The molecule has 0 aromatic heterocycles. The number of fused-ring (bicyclic) bond motifs is 2.